The number of nitriles is 1. The van der Waals surface area contributed by atoms with Crippen molar-refractivity contribution in [3.8, 4) is 6.07 Å². The van der Waals surface area contributed by atoms with E-state index in [4.69, 9.17) is 11.6 Å². The van der Waals surface area contributed by atoms with E-state index in [1.165, 1.54) is 11.0 Å². The molecule has 25 heavy (non-hydrogen) atoms. The van der Waals surface area contributed by atoms with Gasteiger partial charge in [0.05, 0.1) is 16.2 Å². The maximum Gasteiger partial charge on any atom is 0.434 e. The van der Waals surface area contributed by atoms with Gasteiger partial charge in [0, 0.05) is 31.6 Å². The molecule has 3 rings (SSSR count). The first-order valence-electron chi connectivity index (χ1n) is 7.37. The zero-order valence-electron chi connectivity index (χ0n) is 12.9. The Bertz CT molecular complexity index is 871. The van der Waals surface area contributed by atoms with Crippen LogP contribution in [0.25, 0.3) is 11.0 Å². The van der Waals surface area contributed by atoms with Gasteiger partial charge in [0.2, 0.25) is 0 Å². The summed E-state index contributed by atoms with van der Waals surface area (Å²) in [4.78, 5) is 7.72. The lowest BCUT2D eigenvalue weighted by Gasteiger charge is -2.34. The summed E-state index contributed by atoms with van der Waals surface area (Å²) < 4.78 is 66.9. The zero-order valence-corrected chi connectivity index (χ0v) is 13.7. The molecular formula is C15H12ClF5N4. The Balaban J connectivity index is 2.28. The molecule has 0 unspecified atom stereocenters. The van der Waals surface area contributed by atoms with Gasteiger partial charge in [-0.05, 0) is 6.92 Å². The third-order valence-corrected chi connectivity index (χ3v) is 4.67. The van der Waals surface area contributed by atoms with Crippen LogP contribution in [-0.4, -0.2) is 29.0 Å². The smallest absolute Gasteiger partial charge is 0.368 e. The van der Waals surface area contributed by atoms with Crippen molar-refractivity contribution < 1.29 is 22.0 Å². The first-order valence-corrected chi connectivity index (χ1v) is 7.75. The van der Waals surface area contributed by atoms with E-state index < -0.39 is 36.2 Å². The highest BCUT2D eigenvalue weighted by Crippen LogP contribution is 2.42. The molecule has 0 spiro atoms. The highest BCUT2D eigenvalue weighted by Gasteiger charge is 2.41. The summed E-state index contributed by atoms with van der Waals surface area (Å²) in [5, 5.41) is 9.33. The minimum atomic E-state index is -4.87. The molecule has 0 radical (unpaired) electrons. The van der Waals surface area contributed by atoms with Crippen LogP contribution in [-0.2, 0) is 6.18 Å². The second-order valence-corrected chi connectivity index (χ2v) is 6.30. The summed E-state index contributed by atoms with van der Waals surface area (Å²) in [6.45, 7) is 1.21. The monoisotopic (exact) mass is 378 g/mol. The SMILES string of the molecule is Cc1[nH]c2c(N3CCC(F)(F)CC3)c(C#N)c(C(F)(F)F)nc2c1Cl. The van der Waals surface area contributed by atoms with E-state index in [-0.39, 0.29) is 34.8 Å². The molecule has 0 saturated carbocycles. The third kappa shape index (κ3) is 2.99. The number of pyridine rings is 1. The number of hydrogen-bond donors (Lipinski definition) is 1. The van der Waals surface area contributed by atoms with Crippen LogP contribution in [0.2, 0.25) is 5.02 Å². The zero-order chi connectivity index (χ0) is 18.6. The number of H-pyrrole nitrogens is 1. The molecule has 134 valence electrons. The van der Waals surface area contributed by atoms with Gasteiger partial charge in [-0.25, -0.2) is 13.8 Å². The molecule has 2 aromatic rings. The Morgan fingerprint density at radius 3 is 2.40 bits per heavy atom. The average Bonchev–Trinajstić information content (AvgIpc) is 2.80. The Morgan fingerprint density at radius 1 is 1.28 bits per heavy atom. The lowest BCUT2D eigenvalue weighted by Crippen LogP contribution is -2.40. The van der Waals surface area contributed by atoms with Gasteiger partial charge in [0.1, 0.15) is 17.1 Å². The van der Waals surface area contributed by atoms with Crippen molar-refractivity contribution in [3.63, 3.8) is 0 Å². The molecule has 1 N–H and O–H groups in total. The molecule has 0 aliphatic carbocycles. The fourth-order valence-electron chi connectivity index (χ4n) is 2.95. The normalized spacial score (nSPS) is 17.8. The molecule has 2 aromatic heterocycles. The molecule has 1 aliphatic heterocycles. The Labute approximate surface area is 144 Å². The molecule has 1 aliphatic rings. The molecule has 0 amide bonds. The number of hydrogen-bond acceptors (Lipinski definition) is 3. The fourth-order valence-corrected chi connectivity index (χ4v) is 3.14. The van der Waals surface area contributed by atoms with E-state index in [0.29, 0.717) is 5.69 Å². The van der Waals surface area contributed by atoms with Gasteiger partial charge >= 0.3 is 6.18 Å². The quantitative estimate of drug-likeness (QED) is 0.735. The molecular weight excluding hydrogens is 367 g/mol. The van der Waals surface area contributed by atoms with Crippen molar-refractivity contribution in [2.45, 2.75) is 31.9 Å². The second-order valence-electron chi connectivity index (χ2n) is 5.92. The van der Waals surface area contributed by atoms with E-state index in [1.807, 2.05) is 0 Å². The number of anilines is 1. The number of aromatic amines is 1. The largest absolute Gasteiger partial charge is 0.434 e. The summed E-state index contributed by atoms with van der Waals surface area (Å²) in [6, 6.07) is 1.53. The molecule has 0 atom stereocenters. The van der Waals surface area contributed by atoms with Crippen molar-refractivity contribution in [3.05, 3.63) is 22.0 Å². The number of fused-ring (bicyclic) bond motifs is 1. The van der Waals surface area contributed by atoms with Gasteiger partial charge in [-0.1, -0.05) is 11.6 Å². The number of aryl methyl sites for hydroxylation is 1. The van der Waals surface area contributed by atoms with Crippen LogP contribution >= 0.6 is 11.6 Å². The fraction of sp³-hybridized carbons (Fsp3) is 0.467. The van der Waals surface area contributed by atoms with E-state index in [1.54, 1.807) is 6.92 Å². The molecule has 1 fully saturated rings. The van der Waals surface area contributed by atoms with Crippen molar-refractivity contribution in [2.75, 3.05) is 18.0 Å². The van der Waals surface area contributed by atoms with Crippen molar-refractivity contribution in [1.82, 2.24) is 9.97 Å². The Morgan fingerprint density at radius 2 is 1.88 bits per heavy atom. The van der Waals surface area contributed by atoms with E-state index >= 15 is 0 Å². The van der Waals surface area contributed by atoms with Crippen LogP contribution in [0.3, 0.4) is 0 Å². The highest BCUT2D eigenvalue weighted by atomic mass is 35.5. The summed E-state index contributed by atoms with van der Waals surface area (Å²) in [5.74, 6) is -2.87. The standard InChI is InChI=1S/C15H12ClF5N4/c1-7-9(16)10-11(23-7)12(25-4-2-14(17,18)3-5-25)8(6-22)13(24-10)15(19,20)21/h23H,2-5H2,1H3. The molecule has 0 bridgehead atoms. The number of piperidine rings is 1. The number of rotatable bonds is 1. The van der Waals surface area contributed by atoms with Crippen LogP contribution < -0.4 is 4.90 Å². The van der Waals surface area contributed by atoms with Gasteiger partial charge < -0.3 is 9.88 Å². The minimum Gasteiger partial charge on any atom is -0.368 e. The van der Waals surface area contributed by atoms with Crippen molar-refractivity contribution in [1.29, 1.82) is 5.26 Å². The second kappa shape index (κ2) is 5.73. The van der Waals surface area contributed by atoms with Gasteiger partial charge in [0.15, 0.2) is 5.69 Å². The van der Waals surface area contributed by atoms with Gasteiger partial charge in [-0.3, -0.25) is 0 Å². The molecule has 1 saturated heterocycles. The molecule has 4 nitrogen and oxygen atoms in total. The number of halogens is 6. The van der Waals surface area contributed by atoms with E-state index in [9.17, 15) is 27.2 Å². The molecule has 0 aromatic carbocycles. The first-order chi connectivity index (χ1) is 11.5. The first kappa shape index (κ1) is 17.7. The lowest BCUT2D eigenvalue weighted by molar-refractivity contribution is -0.141. The predicted octanol–water partition coefficient (Wildman–Crippen LogP) is 4.65. The number of alkyl halides is 5. The number of aromatic nitrogens is 2. The van der Waals surface area contributed by atoms with Gasteiger partial charge in [0.25, 0.3) is 5.92 Å². The predicted molar refractivity (Wildman–Crippen MR) is 82.0 cm³/mol. The summed E-state index contributed by atoms with van der Waals surface area (Å²) in [6.07, 6.45) is -5.88. The Hall–Kier alpha value is -2.08. The Kier molecular flexibility index (Phi) is 4.06. The maximum atomic E-state index is 13.4. The number of nitrogens with one attached hydrogen (secondary N) is 1. The van der Waals surface area contributed by atoms with Gasteiger partial charge in [-0.2, -0.15) is 18.4 Å². The van der Waals surface area contributed by atoms with E-state index in [0.717, 1.165) is 0 Å². The third-order valence-electron chi connectivity index (χ3n) is 4.21. The summed E-state index contributed by atoms with van der Waals surface area (Å²) in [5.41, 5.74) is -1.73. The lowest BCUT2D eigenvalue weighted by atomic mass is 10.0. The highest BCUT2D eigenvalue weighted by molar-refractivity contribution is 6.36. The average molecular weight is 379 g/mol. The maximum absolute atomic E-state index is 13.4. The molecule has 3 heterocycles. The summed E-state index contributed by atoms with van der Waals surface area (Å²) in [7, 11) is 0. The van der Waals surface area contributed by atoms with Crippen LogP contribution in [0.1, 0.15) is 29.8 Å². The van der Waals surface area contributed by atoms with Crippen LogP contribution in [0.5, 0.6) is 0 Å². The van der Waals surface area contributed by atoms with E-state index in [2.05, 4.69) is 9.97 Å². The molecule has 10 heteroatoms. The van der Waals surface area contributed by atoms with Crippen molar-refractivity contribution >= 4 is 28.3 Å². The minimum absolute atomic E-state index is 0.00794. The topological polar surface area (TPSA) is 55.7 Å². The van der Waals surface area contributed by atoms with Crippen molar-refractivity contribution in [2.24, 2.45) is 0 Å². The number of nitrogens with zero attached hydrogens (tertiary/aromatic N) is 3. The summed E-state index contributed by atoms with van der Waals surface area (Å²) >= 11 is 6.03. The van der Waals surface area contributed by atoms with Crippen LogP contribution in [0.15, 0.2) is 0 Å². The van der Waals surface area contributed by atoms with Crippen LogP contribution in [0.4, 0.5) is 27.6 Å². The van der Waals surface area contributed by atoms with Gasteiger partial charge in [-0.15, -0.1) is 0 Å². The van der Waals surface area contributed by atoms with Crippen LogP contribution in [0, 0.1) is 18.3 Å².